The minimum Gasteiger partial charge on any atom is -0.495 e. The van der Waals surface area contributed by atoms with E-state index in [2.05, 4.69) is 19.2 Å². The molecule has 1 heterocycles. The first-order chi connectivity index (χ1) is 14.2. The number of ether oxygens (including phenoxy) is 1. The molecular weight excluding hydrogens is 407 g/mol. The molecule has 162 valence electrons. The van der Waals surface area contributed by atoms with E-state index in [9.17, 15) is 17.6 Å². The predicted octanol–water partition coefficient (Wildman–Crippen LogP) is 4.00. The van der Waals surface area contributed by atoms with Gasteiger partial charge in [-0.1, -0.05) is 26.0 Å². The Morgan fingerprint density at radius 3 is 2.33 bits per heavy atom. The van der Waals surface area contributed by atoms with E-state index in [1.165, 1.54) is 23.0 Å². The molecule has 1 aliphatic heterocycles. The minimum absolute atomic E-state index is 0.0983. The second kappa shape index (κ2) is 9.14. The smallest absolute Gasteiger partial charge is 0.246 e. The lowest BCUT2D eigenvalue weighted by atomic mass is 9.97. The third kappa shape index (κ3) is 4.82. The van der Waals surface area contributed by atoms with Crippen molar-refractivity contribution in [2.75, 3.05) is 25.5 Å². The standard InChI is InChI=1S/C22H27FN2O4S/c1-15(2)16-4-7-19(8-5-16)24-22(26)17-10-12-25(13-11-17)30(27,28)21-14-18(23)6-9-20(21)29-3/h4-9,14-15,17H,10-13H2,1-3H3,(H,24,26). The number of nitrogens with one attached hydrogen (secondary N) is 1. The highest BCUT2D eigenvalue weighted by atomic mass is 32.2. The van der Waals surface area contributed by atoms with Crippen LogP contribution in [0.5, 0.6) is 5.75 Å². The highest BCUT2D eigenvalue weighted by Gasteiger charge is 2.34. The number of hydrogen-bond acceptors (Lipinski definition) is 4. The number of anilines is 1. The summed E-state index contributed by atoms with van der Waals surface area (Å²) < 4.78 is 45.9. The van der Waals surface area contributed by atoms with Gasteiger partial charge >= 0.3 is 0 Å². The van der Waals surface area contributed by atoms with Crippen molar-refractivity contribution >= 4 is 21.6 Å². The average molecular weight is 435 g/mol. The van der Waals surface area contributed by atoms with Crippen molar-refractivity contribution in [2.24, 2.45) is 5.92 Å². The molecule has 2 aromatic rings. The Morgan fingerprint density at radius 1 is 1.13 bits per heavy atom. The van der Waals surface area contributed by atoms with Gasteiger partial charge in [0.15, 0.2) is 0 Å². The Morgan fingerprint density at radius 2 is 1.77 bits per heavy atom. The monoisotopic (exact) mass is 434 g/mol. The molecule has 30 heavy (non-hydrogen) atoms. The van der Waals surface area contributed by atoms with Crippen molar-refractivity contribution in [1.82, 2.24) is 4.31 Å². The summed E-state index contributed by atoms with van der Waals surface area (Å²) >= 11 is 0. The van der Waals surface area contributed by atoms with Crippen molar-refractivity contribution in [2.45, 2.75) is 37.5 Å². The lowest BCUT2D eigenvalue weighted by molar-refractivity contribution is -0.120. The molecular formula is C22H27FN2O4S. The number of halogens is 1. The van der Waals surface area contributed by atoms with Crippen LogP contribution in [0.3, 0.4) is 0 Å². The van der Waals surface area contributed by atoms with Crippen LogP contribution in [0, 0.1) is 11.7 Å². The van der Waals surface area contributed by atoms with Crippen molar-refractivity contribution in [3.05, 3.63) is 53.8 Å². The van der Waals surface area contributed by atoms with Crippen molar-refractivity contribution in [3.63, 3.8) is 0 Å². The molecule has 1 N–H and O–H groups in total. The van der Waals surface area contributed by atoms with Crippen LogP contribution in [-0.4, -0.2) is 38.8 Å². The lowest BCUT2D eigenvalue weighted by Crippen LogP contribution is -2.41. The summed E-state index contributed by atoms with van der Waals surface area (Å²) in [6.45, 7) is 4.59. The van der Waals surface area contributed by atoms with Crippen molar-refractivity contribution < 1.29 is 22.3 Å². The molecule has 1 fully saturated rings. The maximum atomic E-state index is 13.6. The molecule has 0 unspecified atom stereocenters. The van der Waals surface area contributed by atoms with Crippen LogP contribution in [0.2, 0.25) is 0 Å². The summed E-state index contributed by atoms with van der Waals surface area (Å²) in [5.74, 6) is -0.533. The molecule has 0 saturated carbocycles. The minimum atomic E-state index is -3.91. The summed E-state index contributed by atoms with van der Waals surface area (Å²) in [6, 6.07) is 11.2. The third-order valence-corrected chi connectivity index (χ3v) is 7.33. The Balaban J connectivity index is 1.64. The number of hydrogen-bond donors (Lipinski definition) is 1. The predicted molar refractivity (Wildman–Crippen MR) is 114 cm³/mol. The molecule has 6 nitrogen and oxygen atoms in total. The molecule has 3 rings (SSSR count). The van der Waals surface area contributed by atoms with Gasteiger partial charge in [0.2, 0.25) is 15.9 Å². The molecule has 0 spiro atoms. The fraction of sp³-hybridized carbons (Fsp3) is 0.409. The summed E-state index contributed by atoms with van der Waals surface area (Å²) in [5, 5.41) is 2.91. The quantitative estimate of drug-likeness (QED) is 0.746. The average Bonchev–Trinajstić information content (AvgIpc) is 2.74. The van der Waals surface area contributed by atoms with E-state index in [0.717, 1.165) is 17.8 Å². The molecule has 1 amide bonds. The number of benzene rings is 2. The number of rotatable bonds is 6. The summed E-state index contributed by atoms with van der Waals surface area (Å²) in [5.41, 5.74) is 1.92. The second-order valence-electron chi connectivity index (χ2n) is 7.74. The maximum Gasteiger partial charge on any atom is 0.246 e. The van der Waals surface area contributed by atoms with Gasteiger partial charge in [0.05, 0.1) is 7.11 Å². The highest BCUT2D eigenvalue weighted by Crippen LogP contribution is 2.30. The van der Waals surface area contributed by atoms with Gasteiger partial charge in [-0.05, 0) is 54.7 Å². The van der Waals surface area contributed by atoms with Gasteiger partial charge in [-0.15, -0.1) is 0 Å². The molecule has 0 aromatic heterocycles. The first-order valence-electron chi connectivity index (χ1n) is 9.97. The van der Waals surface area contributed by atoms with E-state index < -0.39 is 15.8 Å². The van der Waals surface area contributed by atoms with Crippen LogP contribution in [0.1, 0.15) is 38.2 Å². The summed E-state index contributed by atoms with van der Waals surface area (Å²) in [7, 11) is -2.57. The van der Waals surface area contributed by atoms with Crippen LogP contribution in [0.15, 0.2) is 47.4 Å². The number of carbonyl (C=O) groups excluding carboxylic acids is 1. The van der Waals surface area contributed by atoms with E-state index in [4.69, 9.17) is 4.74 Å². The van der Waals surface area contributed by atoms with Gasteiger partial charge in [-0.2, -0.15) is 4.31 Å². The number of nitrogens with zero attached hydrogens (tertiary/aromatic N) is 1. The fourth-order valence-corrected chi connectivity index (χ4v) is 5.18. The van der Waals surface area contributed by atoms with Gasteiger partial charge < -0.3 is 10.1 Å². The van der Waals surface area contributed by atoms with Gasteiger partial charge in [-0.25, -0.2) is 12.8 Å². The van der Waals surface area contributed by atoms with Crippen LogP contribution in [-0.2, 0) is 14.8 Å². The highest BCUT2D eigenvalue weighted by molar-refractivity contribution is 7.89. The first kappa shape index (κ1) is 22.2. The van der Waals surface area contributed by atoms with E-state index >= 15 is 0 Å². The number of piperidine rings is 1. The Bertz CT molecular complexity index is 998. The van der Waals surface area contributed by atoms with Crippen molar-refractivity contribution in [1.29, 1.82) is 0 Å². The Kier molecular flexibility index (Phi) is 6.77. The van der Waals surface area contributed by atoms with E-state index in [0.29, 0.717) is 18.8 Å². The fourth-order valence-electron chi connectivity index (χ4n) is 3.55. The van der Waals surface area contributed by atoms with Gasteiger partial charge in [0.25, 0.3) is 0 Å². The maximum absolute atomic E-state index is 13.6. The number of carbonyl (C=O) groups is 1. The summed E-state index contributed by atoms with van der Waals surface area (Å²) in [6.07, 6.45) is 0.791. The molecule has 0 radical (unpaired) electrons. The van der Waals surface area contributed by atoms with E-state index in [1.54, 1.807) is 0 Å². The number of sulfonamides is 1. The zero-order chi connectivity index (χ0) is 21.9. The molecule has 1 saturated heterocycles. The zero-order valence-corrected chi connectivity index (χ0v) is 18.2. The Hall–Kier alpha value is -2.45. The molecule has 2 aromatic carbocycles. The normalized spacial score (nSPS) is 15.9. The third-order valence-electron chi connectivity index (χ3n) is 5.41. The second-order valence-corrected chi connectivity index (χ2v) is 9.65. The van der Waals surface area contributed by atoms with E-state index in [1.807, 2.05) is 24.3 Å². The van der Waals surface area contributed by atoms with Crippen LogP contribution in [0.4, 0.5) is 10.1 Å². The molecule has 0 bridgehead atoms. The molecule has 1 aliphatic rings. The molecule has 8 heteroatoms. The van der Waals surface area contributed by atoms with E-state index in [-0.39, 0.29) is 35.6 Å². The van der Waals surface area contributed by atoms with Crippen molar-refractivity contribution in [3.8, 4) is 5.75 Å². The summed E-state index contributed by atoms with van der Waals surface area (Å²) in [4.78, 5) is 12.4. The molecule has 0 aliphatic carbocycles. The number of amides is 1. The largest absolute Gasteiger partial charge is 0.495 e. The number of methoxy groups -OCH3 is 1. The SMILES string of the molecule is COc1ccc(F)cc1S(=O)(=O)N1CCC(C(=O)Nc2ccc(C(C)C)cc2)CC1. The van der Waals surface area contributed by atoms with Gasteiger partial charge in [-0.3, -0.25) is 4.79 Å². The van der Waals surface area contributed by atoms with Crippen LogP contribution >= 0.6 is 0 Å². The van der Waals surface area contributed by atoms with Crippen LogP contribution < -0.4 is 10.1 Å². The zero-order valence-electron chi connectivity index (χ0n) is 17.4. The molecule has 0 atom stereocenters. The van der Waals surface area contributed by atoms with Gasteiger partial charge in [0.1, 0.15) is 16.5 Å². The topological polar surface area (TPSA) is 75.7 Å². The lowest BCUT2D eigenvalue weighted by Gasteiger charge is -2.31. The first-order valence-corrected chi connectivity index (χ1v) is 11.4. The Labute approximate surface area is 177 Å². The van der Waals surface area contributed by atoms with Crippen LogP contribution in [0.25, 0.3) is 0 Å². The van der Waals surface area contributed by atoms with Gasteiger partial charge in [0, 0.05) is 24.7 Å².